The third-order valence-corrected chi connectivity index (χ3v) is 2.59. The first-order valence-corrected chi connectivity index (χ1v) is 4.89. The summed E-state index contributed by atoms with van der Waals surface area (Å²) in [5.41, 5.74) is -0.0111. The summed E-state index contributed by atoms with van der Waals surface area (Å²) in [7, 11) is 0. The van der Waals surface area contributed by atoms with Crippen LogP contribution in [0.1, 0.15) is 24.8 Å². The highest BCUT2D eigenvalue weighted by Gasteiger charge is 2.36. The van der Waals surface area contributed by atoms with Crippen LogP contribution in [0.3, 0.4) is 0 Å². The van der Waals surface area contributed by atoms with Crippen molar-refractivity contribution in [3.8, 4) is 0 Å². The van der Waals surface area contributed by atoms with Crippen LogP contribution in [0.25, 0.3) is 0 Å². The lowest BCUT2D eigenvalue weighted by molar-refractivity contribution is 0.0782. The van der Waals surface area contributed by atoms with Gasteiger partial charge in [0.15, 0.2) is 0 Å². The van der Waals surface area contributed by atoms with E-state index in [1.54, 1.807) is 12.4 Å². The van der Waals surface area contributed by atoms with Gasteiger partial charge in [-0.3, -0.25) is 0 Å². The molecule has 0 radical (unpaired) electrons. The Labute approximate surface area is 82.8 Å². The van der Waals surface area contributed by atoms with E-state index in [9.17, 15) is 4.39 Å². The normalized spacial score (nSPS) is 18.7. The topological polar surface area (TPSA) is 37.8 Å². The number of nitrogens with one attached hydrogen (secondary N) is 1. The van der Waals surface area contributed by atoms with Crippen molar-refractivity contribution in [2.24, 2.45) is 0 Å². The molecule has 0 spiro atoms. The molecule has 2 rings (SSSR count). The van der Waals surface area contributed by atoms with Crippen molar-refractivity contribution in [2.45, 2.75) is 31.9 Å². The number of rotatable bonds is 3. The molecule has 0 atom stereocenters. The fourth-order valence-electron chi connectivity index (χ4n) is 1.46. The van der Waals surface area contributed by atoms with Gasteiger partial charge < -0.3 is 5.32 Å². The second kappa shape index (κ2) is 3.52. The Morgan fingerprint density at radius 2 is 2.07 bits per heavy atom. The number of alkyl halides is 1. The molecule has 1 aromatic rings. The van der Waals surface area contributed by atoms with Gasteiger partial charge in [-0.1, -0.05) is 0 Å². The van der Waals surface area contributed by atoms with Crippen LogP contribution in [0.2, 0.25) is 0 Å². The smallest absolute Gasteiger partial charge is 0.222 e. The first-order chi connectivity index (χ1) is 6.68. The molecular formula is C10H14FN3. The number of aromatic nitrogens is 2. The van der Waals surface area contributed by atoms with Gasteiger partial charge in [0, 0.05) is 12.4 Å². The van der Waals surface area contributed by atoms with Crippen molar-refractivity contribution in [2.75, 3.05) is 11.9 Å². The van der Waals surface area contributed by atoms with Gasteiger partial charge in [0.1, 0.15) is 5.67 Å². The monoisotopic (exact) mass is 195 g/mol. The van der Waals surface area contributed by atoms with Gasteiger partial charge in [0.25, 0.3) is 0 Å². The summed E-state index contributed by atoms with van der Waals surface area (Å²) in [4.78, 5) is 8.10. The lowest BCUT2D eigenvalue weighted by Crippen LogP contribution is -2.39. The van der Waals surface area contributed by atoms with Gasteiger partial charge in [-0.05, 0) is 31.7 Å². The molecular weight excluding hydrogens is 181 g/mol. The van der Waals surface area contributed by atoms with Crippen LogP contribution < -0.4 is 5.32 Å². The molecule has 0 saturated heterocycles. The summed E-state index contributed by atoms with van der Waals surface area (Å²) in [5, 5.41) is 2.92. The lowest BCUT2D eigenvalue weighted by Gasteiger charge is -2.33. The van der Waals surface area contributed by atoms with Crippen LogP contribution in [0, 0.1) is 6.92 Å². The molecule has 1 N–H and O–H groups in total. The van der Waals surface area contributed by atoms with E-state index in [0.717, 1.165) is 12.0 Å². The van der Waals surface area contributed by atoms with Crippen molar-refractivity contribution in [3.05, 3.63) is 18.0 Å². The third-order valence-electron chi connectivity index (χ3n) is 2.59. The second-order valence-electron chi connectivity index (χ2n) is 3.94. The predicted octanol–water partition coefficient (Wildman–Crippen LogP) is 2.09. The number of aryl methyl sites for hydroxylation is 1. The highest BCUT2D eigenvalue weighted by Crippen LogP contribution is 2.35. The van der Waals surface area contributed by atoms with Gasteiger partial charge in [-0.25, -0.2) is 14.4 Å². The third kappa shape index (κ3) is 2.00. The van der Waals surface area contributed by atoms with Crippen LogP contribution in [-0.4, -0.2) is 22.2 Å². The Hall–Kier alpha value is -1.19. The Kier molecular flexibility index (Phi) is 2.35. The van der Waals surface area contributed by atoms with Crippen molar-refractivity contribution >= 4 is 5.95 Å². The number of anilines is 1. The van der Waals surface area contributed by atoms with Crippen LogP contribution in [-0.2, 0) is 0 Å². The van der Waals surface area contributed by atoms with E-state index in [4.69, 9.17) is 0 Å². The zero-order valence-electron chi connectivity index (χ0n) is 8.26. The Morgan fingerprint density at radius 1 is 1.43 bits per heavy atom. The molecule has 0 amide bonds. The molecule has 0 unspecified atom stereocenters. The van der Waals surface area contributed by atoms with Gasteiger partial charge in [-0.2, -0.15) is 0 Å². The quantitative estimate of drug-likeness (QED) is 0.802. The molecule has 1 fully saturated rings. The maximum atomic E-state index is 13.6. The van der Waals surface area contributed by atoms with Crippen LogP contribution >= 0.6 is 0 Å². The Morgan fingerprint density at radius 3 is 2.57 bits per heavy atom. The highest BCUT2D eigenvalue weighted by atomic mass is 19.1. The van der Waals surface area contributed by atoms with Crippen molar-refractivity contribution in [3.63, 3.8) is 0 Å². The summed E-state index contributed by atoms with van der Waals surface area (Å²) in [5.74, 6) is 0.513. The minimum absolute atomic E-state index is 0.329. The Balaban J connectivity index is 1.88. The summed E-state index contributed by atoms with van der Waals surface area (Å²) < 4.78 is 13.6. The van der Waals surface area contributed by atoms with E-state index >= 15 is 0 Å². The second-order valence-corrected chi connectivity index (χ2v) is 3.94. The minimum atomic E-state index is -1.02. The van der Waals surface area contributed by atoms with Crippen LogP contribution in [0.15, 0.2) is 12.4 Å². The first kappa shape index (κ1) is 9.37. The standard InChI is InChI=1S/C10H14FN3/c1-8-5-12-9(13-6-8)14-7-10(11)3-2-4-10/h5-6H,2-4,7H2,1H3,(H,12,13,14). The van der Waals surface area contributed by atoms with Crippen molar-refractivity contribution in [1.82, 2.24) is 9.97 Å². The average Bonchev–Trinajstić information content (AvgIpc) is 2.14. The number of halogens is 1. The largest absolute Gasteiger partial charge is 0.351 e. The van der Waals surface area contributed by atoms with Gasteiger partial charge >= 0.3 is 0 Å². The fraction of sp³-hybridized carbons (Fsp3) is 0.600. The predicted molar refractivity (Wildman–Crippen MR) is 52.9 cm³/mol. The van der Waals surface area contributed by atoms with Crippen LogP contribution in [0.4, 0.5) is 10.3 Å². The average molecular weight is 195 g/mol. The molecule has 1 aromatic heterocycles. The Bertz CT molecular complexity index is 306. The molecule has 1 saturated carbocycles. The van der Waals surface area contributed by atoms with E-state index in [2.05, 4.69) is 15.3 Å². The van der Waals surface area contributed by atoms with Crippen molar-refractivity contribution in [1.29, 1.82) is 0 Å². The maximum absolute atomic E-state index is 13.6. The first-order valence-electron chi connectivity index (χ1n) is 4.89. The van der Waals surface area contributed by atoms with E-state index in [1.165, 1.54) is 0 Å². The summed E-state index contributed by atoms with van der Waals surface area (Å²) in [6, 6.07) is 0. The van der Waals surface area contributed by atoms with Gasteiger partial charge in [0.05, 0.1) is 6.54 Å². The minimum Gasteiger partial charge on any atom is -0.351 e. The summed E-state index contributed by atoms with van der Waals surface area (Å²) >= 11 is 0. The van der Waals surface area contributed by atoms with E-state index in [-0.39, 0.29) is 0 Å². The molecule has 1 aliphatic carbocycles. The van der Waals surface area contributed by atoms with Gasteiger partial charge in [0.2, 0.25) is 5.95 Å². The van der Waals surface area contributed by atoms with E-state index in [0.29, 0.717) is 25.3 Å². The molecule has 0 bridgehead atoms. The number of hydrogen-bond donors (Lipinski definition) is 1. The fourth-order valence-corrected chi connectivity index (χ4v) is 1.46. The molecule has 4 heteroatoms. The zero-order valence-corrected chi connectivity index (χ0v) is 8.26. The molecule has 1 aliphatic rings. The van der Waals surface area contributed by atoms with Gasteiger partial charge in [-0.15, -0.1) is 0 Å². The number of hydrogen-bond acceptors (Lipinski definition) is 3. The molecule has 14 heavy (non-hydrogen) atoms. The maximum Gasteiger partial charge on any atom is 0.222 e. The summed E-state index contributed by atoms with van der Waals surface area (Å²) in [6.45, 7) is 2.25. The molecule has 76 valence electrons. The van der Waals surface area contributed by atoms with Crippen molar-refractivity contribution < 1.29 is 4.39 Å². The SMILES string of the molecule is Cc1cnc(NCC2(F)CCC2)nc1. The molecule has 3 nitrogen and oxygen atoms in total. The molecule has 0 aromatic carbocycles. The van der Waals surface area contributed by atoms with Crippen LogP contribution in [0.5, 0.6) is 0 Å². The number of nitrogens with zero attached hydrogens (tertiary/aromatic N) is 2. The highest BCUT2D eigenvalue weighted by molar-refractivity contribution is 5.25. The molecule has 1 heterocycles. The lowest BCUT2D eigenvalue weighted by atomic mass is 9.82. The van der Waals surface area contributed by atoms with E-state index in [1.807, 2.05) is 6.92 Å². The summed E-state index contributed by atoms with van der Waals surface area (Å²) in [6.07, 6.45) is 5.76. The molecule has 0 aliphatic heterocycles. The zero-order chi connectivity index (χ0) is 10.0. The van der Waals surface area contributed by atoms with E-state index < -0.39 is 5.67 Å².